The van der Waals surface area contributed by atoms with Crippen molar-refractivity contribution >= 4 is 17.6 Å². The highest BCUT2D eigenvalue weighted by Crippen LogP contribution is 2.55. The molecule has 1 aliphatic heterocycles. The van der Waals surface area contributed by atoms with E-state index in [1.165, 1.54) is 54.4 Å². The van der Waals surface area contributed by atoms with E-state index in [0.717, 1.165) is 48.3 Å². The van der Waals surface area contributed by atoms with Crippen LogP contribution in [0.4, 0.5) is 0 Å². The van der Waals surface area contributed by atoms with Gasteiger partial charge in [0.05, 0.1) is 30.0 Å². The molecule has 6 heteroatoms. The van der Waals surface area contributed by atoms with Gasteiger partial charge in [0.25, 0.3) is 0 Å². The number of nitrogens with one attached hydrogen (secondary N) is 1. The van der Waals surface area contributed by atoms with Crippen LogP contribution in [0.1, 0.15) is 125 Å². The Balaban J connectivity index is 0.000000580. The van der Waals surface area contributed by atoms with Gasteiger partial charge in [0, 0.05) is 38.7 Å². The molecule has 0 bridgehead atoms. The van der Waals surface area contributed by atoms with Gasteiger partial charge in [-0.15, -0.1) is 0 Å². The van der Waals surface area contributed by atoms with Gasteiger partial charge in [-0.05, 0) is 109 Å². The summed E-state index contributed by atoms with van der Waals surface area (Å²) in [5.74, 6) is 1.49. The van der Waals surface area contributed by atoms with E-state index in [1.54, 1.807) is 6.20 Å². The Morgan fingerprint density at radius 2 is 1.89 bits per heavy atom. The lowest BCUT2D eigenvalue weighted by Gasteiger charge is -2.37. The molecule has 47 heavy (non-hydrogen) atoms. The van der Waals surface area contributed by atoms with Crippen LogP contribution in [0, 0.1) is 29.6 Å². The minimum Gasteiger partial charge on any atom is -0.379 e. The number of carbonyl (C=O) groups excluding carboxylic acids is 1. The summed E-state index contributed by atoms with van der Waals surface area (Å²) < 4.78 is 2.07. The van der Waals surface area contributed by atoms with Crippen molar-refractivity contribution in [2.24, 2.45) is 29.7 Å². The van der Waals surface area contributed by atoms with Gasteiger partial charge in [-0.2, -0.15) is 0 Å². The Hall–Kier alpha value is -3.67. The molecule has 3 aliphatic carbocycles. The number of aromatic nitrogens is 3. The molecule has 1 aromatic carbocycles. The van der Waals surface area contributed by atoms with Gasteiger partial charge in [-0.25, -0.2) is 4.98 Å². The van der Waals surface area contributed by atoms with E-state index in [0.29, 0.717) is 24.2 Å². The van der Waals surface area contributed by atoms with Gasteiger partial charge >= 0.3 is 0 Å². The fraction of sp³-hybridized carbons (Fsp3) is 0.537. The predicted octanol–water partition coefficient (Wildman–Crippen LogP) is 8.85. The summed E-state index contributed by atoms with van der Waals surface area (Å²) in [6.45, 7) is 17.0. The molecule has 0 radical (unpaired) electrons. The van der Waals surface area contributed by atoms with E-state index < -0.39 is 0 Å². The van der Waals surface area contributed by atoms with Crippen molar-refractivity contribution < 1.29 is 4.79 Å². The third-order valence-electron chi connectivity index (χ3n) is 12.0. The maximum Gasteiger partial charge on any atom is 0.223 e. The van der Waals surface area contributed by atoms with Crippen LogP contribution >= 0.6 is 0 Å². The number of nitrogens with zero attached hydrogens (tertiary/aromatic N) is 4. The van der Waals surface area contributed by atoms with Crippen LogP contribution in [-0.2, 0) is 11.8 Å². The van der Waals surface area contributed by atoms with E-state index in [1.807, 2.05) is 31.8 Å². The Labute approximate surface area is 282 Å². The number of aryl methyl sites for hydroxylation is 2. The van der Waals surface area contributed by atoms with E-state index in [4.69, 9.17) is 4.98 Å². The lowest BCUT2D eigenvalue weighted by atomic mass is 9.75. The first-order chi connectivity index (χ1) is 22.6. The van der Waals surface area contributed by atoms with E-state index >= 15 is 0 Å². The zero-order valence-corrected chi connectivity index (χ0v) is 29.6. The minimum atomic E-state index is -0.109. The van der Waals surface area contributed by atoms with Gasteiger partial charge in [0.1, 0.15) is 0 Å². The maximum absolute atomic E-state index is 13.3. The van der Waals surface area contributed by atoms with Crippen molar-refractivity contribution in [3.05, 3.63) is 95.5 Å². The second-order valence-corrected chi connectivity index (χ2v) is 15.5. The summed E-state index contributed by atoms with van der Waals surface area (Å²) in [5.41, 5.74) is 9.41. The molecular formula is C41H55N5O. The van der Waals surface area contributed by atoms with Crippen LogP contribution in [0.15, 0.2) is 61.8 Å². The van der Waals surface area contributed by atoms with Gasteiger partial charge in [-0.1, -0.05) is 70.5 Å². The van der Waals surface area contributed by atoms with Gasteiger partial charge in [-0.3, -0.25) is 9.78 Å². The summed E-state index contributed by atoms with van der Waals surface area (Å²) in [6.07, 6.45) is 19.2. The number of amides is 1. The second-order valence-electron chi connectivity index (χ2n) is 15.5. The van der Waals surface area contributed by atoms with Crippen LogP contribution in [0.2, 0.25) is 0 Å². The number of imidazole rings is 1. The number of hydrogen-bond donors (Lipinski definition) is 1. The monoisotopic (exact) mass is 633 g/mol. The first-order valence-corrected chi connectivity index (χ1v) is 18.0. The summed E-state index contributed by atoms with van der Waals surface area (Å²) >= 11 is 0. The molecule has 3 heterocycles. The molecule has 2 aromatic heterocycles. The summed E-state index contributed by atoms with van der Waals surface area (Å²) in [5, 5.41) is 3.53. The zero-order chi connectivity index (χ0) is 33.3. The smallest absolute Gasteiger partial charge is 0.223 e. The highest BCUT2D eigenvalue weighted by molar-refractivity contribution is 5.89. The standard InChI is InChI=1S/C35H43N5O.C6H12/c1-6-37-34(30-21-36-22-39(30)5)29-19-26-8-7-15-38-33(26)32(27-10-9-24(4)18-28(27)29)25-11-16-40(17-12-25)31(41)20-35(13-14-35)23(2)3;1-3-6(2)4-5-6/h6-10,15,18-19,21-23,25,32,34,37H,1,11-14,16-17,20H2,2-5H3;3-5H2,1-2H3. The summed E-state index contributed by atoms with van der Waals surface area (Å²) in [6, 6.07) is 11.0. The predicted molar refractivity (Wildman–Crippen MR) is 192 cm³/mol. The highest BCUT2D eigenvalue weighted by Gasteiger charge is 2.47. The quantitative estimate of drug-likeness (QED) is 0.256. The van der Waals surface area contributed by atoms with Crippen LogP contribution in [0.25, 0.3) is 11.6 Å². The van der Waals surface area contributed by atoms with Crippen molar-refractivity contribution in [2.45, 2.75) is 97.9 Å². The molecule has 3 aromatic rings. The van der Waals surface area contributed by atoms with E-state index in [-0.39, 0.29) is 17.4 Å². The average Bonchev–Trinajstić information content (AvgIpc) is 3.99. The molecule has 0 spiro atoms. The third kappa shape index (κ3) is 6.98. The third-order valence-corrected chi connectivity index (χ3v) is 12.0. The molecule has 1 amide bonds. The Kier molecular flexibility index (Phi) is 9.51. The van der Waals surface area contributed by atoms with Crippen molar-refractivity contribution in [3.8, 4) is 0 Å². The number of rotatable bonds is 9. The first kappa shape index (κ1) is 33.2. The fourth-order valence-electron chi connectivity index (χ4n) is 7.79. The SMILES string of the molecule is C=CNC(C1=Cc2cccnc2C(C2CCN(C(=O)CC3(C(C)C)CC3)CC2)c2ccc(C)cc21)c1cncn1C.CCC1(C)CC1. The van der Waals surface area contributed by atoms with Crippen molar-refractivity contribution in [3.63, 3.8) is 0 Å². The van der Waals surface area contributed by atoms with Crippen molar-refractivity contribution in [2.75, 3.05) is 13.1 Å². The number of benzene rings is 1. The Morgan fingerprint density at radius 1 is 1.15 bits per heavy atom. The number of piperidine rings is 1. The summed E-state index contributed by atoms with van der Waals surface area (Å²) in [4.78, 5) is 24.9. The molecule has 250 valence electrons. The zero-order valence-electron chi connectivity index (χ0n) is 29.6. The molecule has 2 unspecified atom stereocenters. The Morgan fingerprint density at radius 3 is 2.47 bits per heavy atom. The number of carbonyl (C=O) groups is 1. The normalized spacial score (nSPS) is 21.3. The fourth-order valence-corrected chi connectivity index (χ4v) is 7.79. The summed E-state index contributed by atoms with van der Waals surface area (Å²) in [7, 11) is 2.04. The second kappa shape index (κ2) is 13.4. The lowest BCUT2D eigenvalue weighted by molar-refractivity contribution is -0.134. The van der Waals surface area contributed by atoms with Crippen LogP contribution in [-0.4, -0.2) is 38.4 Å². The molecule has 1 saturated heterocycles. The number of hydrogen-bond acceptors (Lipinski definition) is 4. The topological polar surface area (TPSA) is 63.1 Å². The van der Waals surface area contributed by atoms with E-state index in [2.05, 4.69) is 91.3 Å². The van der Waals surface area contributed by atoms with Crippen LogP contribution in [0.3, 0.4) is 0 Å². The lowest BCUT2D eigenvalue weighted by Crippen LogP contribution is -2.41. The molecule has 6 nitrogen and oxygen atoms in total. The molecule has 3 fully saturated rings. The van der Waals surface area contributed by atoms with Crippen LogP contribution < -0.4 is 5.32 Å². The Bertz CT molecular complexity index is 1620. The number of likely N-dealkylation sites (tertiary alicyclic amines) is 1. The average molecular weight is 634 g/mol. The minimum absolute atomic E-state index is 0.109. The van der Waals surface area contributed by atoms with Crippen molar-refractivity contribution in [1.82, 2.24) is 24.8 Å². The molecule has 2 atom stereocenters. The van der Waals surface area contributed by atoms with Gasteiger partial charge in [0.2, 0.25) is 5.91 Å². The number of fused-ring (bicyclic) bond motifs is 2. The highest BCUT2D eigenvalue weighted by atomic mass is 16.2. The van der Waals surface area contributed by atoms with E-state index in [9.17, 15) is 4.79 Å². The maximum atomic E-state index is 13.3. The molecule has 7 rings (SSSR count). The molecule has 4 aliphatic rings. The van der Waals surface area contributed by atoms with Crippen molar-refractivity contribution in [1.29, 1.82) is 0 Å². The van der Waals surface area contributed by atoms with Gasteiger partial charge in [0.15, 0.2) is 0 Å². The molecule has 1 N–H and O–H groups in total. The largest absolute Gasteiger partial charge is 0.379 e. The first-order valence-electron chi connectivity index (χ1n) is 18.0. The van der Waals surface area contributed by atoms with Gasteiger partial charge < -0.3 is 14.8 Å². The van der Waals surface area contributed by atoms with Crippen LogP contribution in [0.5, 0.6) is 0 Å². The molecular weight excluding hydrogens is 578 g/mol. The number of pyridine rings is 1. The molecule has 2 saturated carbocycles.